The SMILES string of the molecule is [2H]C1=C([2H])C([2H])CC(C(C)(C)C2=CC3=C(CC2)N(C2CC=C(C(C)C)C=C2C2=CC=CCC2)c2cc(C)cc4c2B3c2sc3cc5c(cc3c2N4C2=CCC(C(C)C)C=C2)C(C)(C)CCC5(C)C)=C1. The number of rotatable bonds is 7. The molecule has 0 fully saturated rings. The van der Waals surface area contributed by atoms with Crippen LogP contribution in [-0.2, 0) is 10.8 Å². The average molecular weight is 892 g/mol. The Morgan fingerprint density at radius 1 is 0.879 bits per heavy atom. The van der Waals surface area contributed by atoms with Crippen LogP contribution in [-0.4, -0.2) is 12.8 Å². The first-order valence-electron chi connectivity index (χ1n) is 27.1. The Balaban J connectivity index is 1.21. The van der Waals surface area contributed by atoms with Crippen molar-refractivity contribution in [2.24, 2.45) is 23.2 Å². The van der Waals surface area contributed by atoms with E-state index >= 15 is 0 Å². The largest absolute Gasteiger partial charge is 0.338 e. The molecule has 11 rings (SSSR count). The number of nitrogens with zero attached hydrogens (tertiary/aromatic N) is 2. The molecule has 66 heavy (non-hydrogen) atoms. The van der Waals surface area contributed by atoms with Crippen molar-refractivity contribution in [1.29, 1.82) is 0 Å². The maximum Gasteiger partial charge on any atom is 0.264 e. The standard InChI is InChI=1S/C62H73BN2S/c1-38(2)41-22-26-46(27-23-41)64-54-32-40(5)33-55-57(54)63(59-58(64)48-36-49-50(37-56(48)66-59)61(8,9)31-30-60(49,6)7)51-35-45(62(10,11)44-20-16-13-17-21-44)25-29-53(51)65(55)52-28-24-43(39(3)4)34-47(52)42-18-14-12-15-19-42/h12-14,16,18,20,22,24,26-27,32-39,41,52H,15,17,19,21,23,25,28-31H2,1-11H3/i13D,16D,17D. The fourth-order valence-electron chi connectivity index (χ4n) is 12.9. The van der Waals surface area contributed by atoms with Crippen molar-refractivity contribution in [3.8, 4) is 0 Å². The number of thiophene rings is 1. The zero-order chi connectivity index (χ0) is 48.6. The monoisotopic (exact) mass is 892 g/mol. The lowest BCUT2D eigenvalue weighted by molar-refractivity contribution is 0.332. The van der Waals surface area contributed by atoms with Gasteiger partial charge in [0.1, 0.15) is 0 Å². The van der Waals surface area contributed by atoms with Crippen molar-refractivity contribution in [2.75, 3.05) is 9.80 Å². The molecular formula is C62H73BN2S. The molecule has 0 bridgehead atoms. The maximum absolute atomic E-state index is 8.86. The highest BCUT2D eigenvalue weighted by Crippen LogP contribution is 2.54. The molecule has 2 nitrogen and oxygen atoms in total. The number of aryl methyl sites for hydroxylation is 1. The maximum atomic E-state index is 8.86. The summed E-state index contributed by atoms with van der Waals surface area (Å²) in [5.41, 5.74) is 20.6. The highest BCUT2D eigenvalue weighted by Gasteiger charge is 2.50. The van der Waals surface area contributed by atoms with Gasteiger partial charge in [-0.15, -0.1) is 11.3 Å². The molecule has 0 saturated carbocycles. The van der Waals surface area contributed by atoms with Crippen molar-refractivity contribution in [1.82, 2.24) is 0 Å². The van der Waals surface area contributed by atoms with Gasteiger partial charge in [0.05, 0.1) is 14.5 Å². The summed E-state index contributed by atoms with van der Waals surface area (Å²) in [6.07, 6.45) is 32.3. The van der Waals surface area contributed by atoms with Crippen molar-refractivity contribution >= 4 is 55.4 Å². The second-order valence-corrected chi connectivity index (χ2v) is 24.5. The van der Waals surface area contributed by atoms with Crippen molar-refractivity contribution in [3.63, 3.8) is 0 Å². The molecule has 2 aliphatic heterocycles. The summed E-state index contributed by atoms with van der Waals surface area (Å²) in [5.74, 6) is 1.55. The molecule has 1 aromatic heterocycles. The topological polar surface area (TPSA) is 6.48 Å². The molecule has 0 saturated heterocycles. The van der Waals surface area contributed by atoms with E-state index in [0.29, 0.717) is 24.2 Å². The van der Waals surface area contributed by atoms with Crippen LogP contribution in [0.1, 0.15) is 154 Å². The number of anilines is 3. The van der Waals surface area contributed by atoms with Crippen LogP contribution in [0.3, 0.4) is 0 Å². The molecule has 8 aliphatic rings. The Morgan fingerprint density at radius 2 is 1.65 bits per heavy atom. The van der Waals surface area contributed by atoms with Gasteiger partial charge in [-0.1, -0.05) is 147 Å². The fourth-order valence-corrected chi connectivity index (χ4v) is 14.3. The lowest BCUT2D eigenvalue weighted by atomic mass is 9.34. The van der Waals surface area contributed by atoms with Crippen LogP contribution in [0.15, 0.2) is 142 Å². The molecule has 0 radical (unpaired) electrons. The van der Waals surface area contributed by atoms with Crippen LogP contribution in [0.2, 0.25) is 0 Å². The van der Waals surface area contributed by atoms with Gasteiger partial charge < -0.3 is 9.80 Å². The van der Waals surface area contributed by atoms with E-state index in [4.69, 9.17) is 4.11 Å². The summed E-state index contributed by atoms with van der Waals surface area (Å²) in [4.78, 5) is 5.55. The second kappa shape index (κ2) is 16.0. The van der Waals surface area contributed by atoms with Gasteiger partial charge >= 0.3 is 0 Å². The third-order valence-corrected chi connectivity index (χ3v) is 18.5. The van der Waals surface area contributed by atoms with Gasteiger partial charge in [-0.05, 0) is 174 Å². The molecule has 2 aromatic carbocycles. The number of hydrogen-bond acceptors (Lipinski definition) is 3. The van der Waals surface area contributed by atoms with Crippen LogP contribution in [0.4, 0.5) is 17.1 Å². The molecular weight excluding hydrogens is 816 g/mol. The van der Waals surface area contributed by atoms with Crippen LogP contribution in [0.25, 0.3) is 10.1 Å². The van der Waals surface area contributed by atoms with Crippen LogP contribution in [0.5, 0.6) is 0 Å². The van der Waals surface area contributed by atoms with E-state index in [1.54, 1.807) is 0 Å². The van der Waals surface area contributed by atoms with Crippen LogP contribution >= 0.6 is 11.3 Å². The minimum Gasteiger partial charge on any atom is -0.338 e. The number of fused-ring (bicyclic) bond motifs is 6. The van der Waals surface area contributed by atoms with E-state index in [0.717, 1.165) is 44.1 Å². The van der Waals surface area contributed by atoms with Gasteiger partial charge in [-0.2, -0.15) is 0 Å². The molecule has 4 heteroatoms. The molecule has 340 valence electrons. The van der Waals surface area contributed by atoms with E-state index in [9.17, 15) is 0 Å². The lowest BCUT2D eigenvalue weighted by Gasteiger charge is -2.50. The molecule has 3 heterocycles. The Hall–Kier alpha value is -4.54. The lowest BCUT2D eigenvalue weighted by Crippen LogP contribution is -2.58. The number of hydrogen-bond donors (Lipinski definition) is 0. The first kappa shape index (κ1) is 40.5. The normalized spacial score (nSPS) is 26.2. The Morgan fingerprint density at radius 3 is 2.35 bits per heavy atom. The minimum atomic E-state index is -0.701. The molecule has 6 aliphatic carbocycles. The highest BCUT2D eigenvalue weighted by atomic mass is 32.1. The summed E-state index contributed by atoms with van der Waals surface area (Å²) in [6, 6.07) is 10.8. The fraction of sp³-hybridized carbons (Fsp3) is 0.452. The van der Waals surface area contributed by atoms with Gasteiger partial charge in [0.2, 0.25) is 0 Å². The molecule has 0 spiro atoms. The molecule has 3 unspecified atom stereocenters. The predicted octanol–water partition coefficient (Wildman–Crippen LogP) is 15.9. The molecule has 0 N–H and O–H groups in total. The minimum absolute atomic E-state index is 0.0385. The van der Waals surface area contributed by atoms with Gasteiger partial charge in [0.25, 0.3) is 6.71 Å². The number of benzene rings is 2. The Bertz CT molecular complexity index is 3040. The summed E-state index contributed by atoms with van der Waals surface area (Å²) in [5, 5.41) is 1.38. The molecule has 0 amide bonds. The van der Waals surface area contributed by atoms with Gasteiger partial charge in [0.15, 0.2) is 0 Å². The molecule has 3 aromatic rings. The quantitative estimate of drug-likeness (QED) is 0.218. The second-order valence-electron chi connectivity index (χ2n) is 23.4. The van der Waals surface area contributed by atoms with Crippen molar-refractivity contribution < 1.29 is 4.11 Å². The molecule has 3 atom stereocenters. The third-order valence-electron chi connectivity index (χ3n) is 17.3. The van der Waals surface area contributed by atoms with Crippen LogP contribution in [0, 0.1) is 30.1 Å². The van der Waals surface area contributed by atoms with E-state index in [1.165, 1.54) is 106 Å². The zero-order valence-corrected chi connectivity index (χ0v) is 42.5. The summed E-state index contributed by atoms with van der Waals surface area (Å²) in [6.45, 7) is 26.3. The number of allylic oxidation sites excluding steroid dienone is 16. The van der Waals surface area contributed by atoms with E-state index in [1.807, 2.05) is 17.4 Å². The van der Waals surface area contributed by atoms with E-state index < -0.39 is 6.40 Å². The smallest absolute Gasteiger partial charge is 0.264 e. The Labute approximate surface area is 406 Å². The van der Waals surface area contributed by atoms with Gasteiger partial charge in [-0.25, -0.2) is 0 Å². The first-order valence-corrected chi connectivity index (χ1v) is 26.3. The van der Waals surface area contributed by atoms with Crippen LogP contribution < -0.4 is 20.0 Å². The summed E-state index contributed by atoms with van der Waals surface area (Å²) in [7, 11) is 0. The zero-order valence-electron chi connectivity index (χ0n) is 44.7. The van der Waals surface area contributed by atoms with Gasteiger partial charge in [-0.3, -0.25) is 0 Å². The Kier molecular flexibility index (Phi) is 9.85. The van der Waals surface area contributed by atoms with E-state index in [-0.39, 0.29) is 41.1 Å². The predicted molar refractivity (Wildman–Crippen MR) is 289 cm³/mol. The third kappa shape index (κ3) is 6.99. The first-order chi connectivity index (χ1) is 32.7. The highest BCUT2D eigenvalue weighted by molar-refractivity contribution is 7.33. The van der Waals surface area contributed by atoms with E-state index in [2.05, 4.69) is 165 Å². The van der Waals surface area contributed by atoms with Crippen molar-refractivity contribution in [2.45, 2.75) is 157 Å². The average Bonchev–Trinajstić information content (AvgIpc) is 3.69. The van der Waals surface area contributed by atoms with Crippen molar-refractivity contribution in [3.05, 3.63) is 159 Å². The summed E-state index contributed by atoms with van der Waals surface area (Å²) < 4.78 is 29.0. The summed E-state index contributed by atoms with van der Waals surface area (Å²) >= 11 is 2.05. The van der Waals surface area contributed by atoms with Gasteiger partial charge in [0, 0.05) is 44.4 Å².